The lowest BCUT2D eigenvalue weighted by atomic mass is 9.94. The zero-order valence-corrected chi connectivity index (χ0v) is 17.8. The van der Waals surface area contributed by atoms with E-state index in [0.717, 1.165) is 10.6 Å². The van der Waals surface area contributed by atoms with Crippen LogP contribution < -0.4 is 11.3 Å². The zero-order valence-electron chi connectivity index (χ0n) is 17.8. The predicted octanol–water partition coefficient (Wildman–Crippen LogP) is 4.03. The molecule has 7 nitrogen and oxygen atoms in total. The highest BCUT2D eigenvalue weighted by molar-refractivity contribution is 5.96. The summed E-state index contributed by atoms with van der Waals surface area (Å²) < 4.78 is 69.5. The number of rotatable bonds is 4. The molecule has 1 amide bonds. The topological polar surface area (TPSA) is 106 Å². The van der Waals surface area contributed by atoms with Gasteiger partial charge in [-0.2, -0.15) is 22.0 Å². The summed E-state index contributed by atoms with van der Waals surface area (Å²) in [6, 6.07) is 9.71. The van der Waals surface area contributed by atoms with Crippen LogP contribution in [0.3, 0.4) is 0 Å². The van der Waals surface area contributed by atoms with Crippen LogP contribution in [0.1, 0.15) is 35.6 Å². The van der Waals surface area contributed by atoms with Gasteiger partial charge in [-0.1, -0.05) is 24.3 Å². The summed E-state index contributed by atoms with van der Waals surface area (Å²) in [6.07, 6.45) is -4.74. The quantitative estimate of drug-likeness (QED) is 0.177. The monoisotopic (exact) mass is 479 g/mol. The van der Waals surface area contributed by atoms with Crippen molar-refractivity contribution < 1.29 is 31.9 Å². The Labute approximate surface area is 189 Å². The first-order valence-corrected chi connectivity index (χ1v) is 9.86. The van der Waals surface area contributed by atoms with Gasteiger partial charge in [0.25, 0.3) is 5.91 Å². The van der Waals surface area contributed by atoms with Gasteiger partial charge < -0.3 is 5.11 Å². The third kappa shape index (κ3) is 3.84. The molecule has 12 heteroatoms. The molecule has 0 aliphatic carbocycles. The summed E-state index contributed by atoms with van der Waals surface area (Å²) in [5.41, 5.74) is -0.285. The number of fused-ring (bicyclic) bond motifs is 3. The number of pyridine rings is 2. The molecule has 3 aromatic heterocycles. The molecule has 0 fully saturated rings. The van der Waals surface area contributed by atoms with Gasteiger partial charge in [0.05, 0.1) is 5.60 Å². The number of nitrogens with one attached hydrogen (secondary N) is 1. The first-order chi connectivity index (χ1) is 15.7. The highest BCUT2D eigenvalue weighted by Gasteiger charge is 2.60. The van der Waals surface area contributed by atoms with Gasteiger partial charge >= 0.3 is 12.1 Å². The van der Waals surface area contributed by atoms with Gasteiger partial charge in [-0.3, -0.25) is 14.6 Å². The van der Waals surface area contributed by atoms with E-state index < -0.39 is 29.3 Å². The molecule has 0 radical (unpaired) electrons. The fraction of sp³-hybridized carbons (Fsp3) is 0.227. The SMILES string of the molecule is CC(C)(O)c1ccc(-c2cc(C(F)(F)C(F)(F)F)nc3c2ccc2nc(C(=O)NN)cn23)cc1. The Morgan fingerprint density at radius 3 is 2.24 bits per heavy atom. The van der Waals surface area contributed by atoms with Crippen molar-refractivity contribution in [3.63, 3.8) is 0 Å². The van der Waals surface area contributed by atoms with E-state index in [1.807, 2.05) is 5.43 Å². The molecular weight excluding hydrogens is 461 g/mol. The van der Waals surface area contributed by atoms with Crippen LogP contribution in [0.4, 0.5) is 22.0 Å². The summed E-state index contributed by atoms with van der Waals surface area (Å²) >= 11 is 0. The van der Waals surface area contributed by atoms with Crippen LogP contribution in [0.25, 0.3) is 27.8 Å². The van der Waals surface area contributed by atoms with Crippen molar-refractivity contribution in [2.24, 2.45) is 5.84 Å². The number of hydrazine groups is 1. The van der Waals surface area contributed by atoms with Gasteiger partial charge in [-0.25, -0.2) is 15.8 Å². The van der Waals surface area contributed by atoms with Gasteiger partial charge in [0, 0.05) is 11.6 Å². The van der Waals surface area contributed by atoms with Crippen LogP contribution in [0.15, 0.2) is 48.7 Å². The number of carbonyl (C=O) groups excluding carboxylic acids is 1. The fourth-order valence-corrected chi connectivity index (χ4v) is 3.52. The Hall–Kier alpha value is -3.64. The Morgan fingerprint density at radius 1 is 1.03 bits per heavy atom. The number of benzene rings is 1. The Kier molecular flexibility index (Phi) is 5.33. The second-order valence-electron chi connectivity index (χ2n) is 8.16. The zero-order chi connectivity index (χ0) is 25.1. The average molecular weight is 479 g/mol. The number of hydrogen-bond acceptors (Lipinski definition) is 5. The third-order valence-electron chi connectivity index (χ3n) is 5.34. The van der Waals surface area contributed by atoms with Gasteiger partial charge in [0.1, 0.15) is 22.7 Å². The lowest BCUT2D eigenvalue weighted by Gasteiger charge is -2.21. The van der Waals surface area contributed by atoms with Crippen molar-refractivity contribution in [2.75, 3.05) is 0 Å². The molecule has 4 rings (SSSR count). The molecule has 34 heavy (non-hydrogen) atoms. The van der Waals surface area contributed by atoms with Crippen LogP contribution in [-0.4, -0.2) is 31.6 Å². The maximum atomic E-state index is 14.4. The molecular formula is C22H18F5N5O2. The number of halogens is 5. The van der Waals surface area contributed by atoms with Crippen molar-refractivity contribution in [1.82, 2.24) is 19.8 Å². The number of carbonyl (C=O) groups is 1. The molecule has 0 aliphatic heterocycles. The molecule has 0 atom stereocenters. The van der Waals surface area contributed by atoms with Crippen molar-refractivity contribution in [3.8, 4) is 11.1 Å². The number of hydrogen-bond donors (Lipinski definition) is 3. The largest absolute Gasteiger partial charge is 0.459 e. The number of imidazole rings is 1. The summed E-state index contributed by atoms with van der Waals surface area (Å²) in [4.78, 5) is 19.5. The van der Waals surface area contributed by atoms with Crippen molar-refractivity contribution in [1.29, 1.82) is 0 Å². The van der Waals surface area contributed by atoms with Crippen LogP contribution in [0, 0.1) is 0 Å². The van der Waals surface area contributed by atoms with Crippen molar-refractivity contribution in [3.05, 3.63) is 65.6 Å². The molecule has 0 saturated carbocycles. The second kappa shape index (κ2) is 7.71. The van der Waals surface area contributed by atoms with E-state index in [1.165, 1.54) is 24.3 Å². The lowest BCUT2D eigenvalue weighted by Crippen LogP contribution is -2.34. The molecule has 0 unspecified atom stereocenters. The Balaban J connectivity index is 2.05. The maximum absolute atomic E-state index is 14.4. The van der Waals surface area contributed by atoms with Crippen LogP contribution >= 0.6 is 0 Å². The van der Waals surface area contributed by atoms with E-state index in [4.69, 9.17) is 5.84 Å². The maximum Gasteiger partial charge on any atom is 0.459 e. The van der Waals surface area contributed by atoms with Crippen LogP contribution in [0.2, 0.25) is 0 Å². The number of nitrogens with zero attached hydrogens (tertiary/aromatic N) is 3. The second-order valence-corrected chi connectivity index (χ2v) is 8.16. The minimum atomic E-state index is -5.89. The molecule has 0 aliphatic rings. The van der Waals surface area contributed by atoms with Gasteiger partial charge in [0.2, 0.25) is 0 Å². The number of nitrogens with two attached hydrogens (primary N) is 1. The van der Waals surface area contributed by atoms with Gasteiger partial charge in [-0.15, -0.1) is 0 Å². The minimum absolute atomic E-state index is 0.0478. The molecule has 4 N–H and O–H groups in total. The highest BCUT2D eigenvalue weighted by Crippen LogP contribution is 2.45. The standard InChI is InChI=1S/C22H18F5N5O2/c1-20(2,34)12-5-3-11(4-6-12)14-9-16(21(23,24)22(25,26)27)30-18-13(14)7-8-17-29-15(10-32(17)18)19(33)31-28/h3-10,34H,28H2,1-2H3,(H,31,33). The van der Waals surface area contributed by atoms with E-state index in [9.17, 15) is 31.9 Å². The average Bonchev–Trinajstić information content (AvgIpc) is 3.21. The summed E-state index contributed by atoms with van der Waals surface area (Å²) in [7, 11) is 0. The van der Waals surface area contributed by atoms with E-state index >= 15 is 0 Å². The van der Waals surface area contributed by atoms with Crippen molar-refractivity contribution in [2.45, 2.75) is 31.5 Å². The molecule has 1 aromatic carbocycles. The molecule has 0 spiro atoms. The van der Waals surface area contributed by atoms with Crippen LogP contribution in [0.5, 0.6) is 0 Å². The van der Waals surface area contributed by atoms with Crippen molar-refractivity contribution >= 4 is 22.6 Å². The minimum Gasteiger partial charge on any atom is -0.386 e. The lowest BCUT2D eigenvalue weighted by molar-refractivity contribution is -0.290. The van der Waals surface area contributed by atoms with E-state index in [2.05, 4.69) is 9.97 Å². The molecule has 178 valence electrons. The number of alkyl halides is 5. The highest BCUT2D eigenvalue weighted by atomic mass is 19.4. The first kappa shape index (κ1) is 23.5. The third-order valence-corrected chi connectivity index (χ3v) is 5.34. The number of aromatic nitrogens is 3. The van der Waals surface area contributed by atoms with E-state index in [1.54, 1.807) is 26.0 Å². The molecule has 3 heterocycles. The van der Waals surface area contributed by atoms with Gasteiger partial charge in [-0.05, 0) is 48.7 Å². The smallest absolute Gasteiger partial charge is 0.386 e. The summed E-state index contributed by atoms with van der Waals surface area (Å²) in [6.45, 7) is 3.10. The fourth-order valence-electron chi connectivity index (χ4n) is 3.52. The van der Waals surface area contributed by atoms with E-state index in [-0.39, 0.29) is 27.9 Å². The number of amides is 1. The predicted molar refractivity (Wildman–Crippen MR) is 113 cm³/mol. The Bertz CT molecular complexity index is 1410. The normalized spacial score (nSPS) is 13.0. The molecule has 4 aromatic rings. The van der Waals surface area contributed by atoms with E-state index in [0.29, 0.717) is 17.2 Å². The Morgan fingerprint density at radius 2 is 1.68 bits per heavy atom. The molecule has 0 bridgehead atoms. The number of nitrogen functional groups attached to an aromatic ring is 1. The van der Waals surface area contributed by atoms with Gasteiger partial charge in [0.15, 0.2) is 0 Å². The number of aliphatic hydroxyl groups is 1. The van der Waals surface area contributed by atoms with Crippen LogP contribution in [-0.2, 0) is 11.5 Å². The summed E-state index contributed by atoms with van der Waals surface area (Å²) in [5.74, 6) is -0.924. The first-order valence-electron chi connectivity index (χ1n) is 9.86. The summed E-state index contributed by atoms with van der Waals surface area (Å²) in [5, 5.41) is 10.4. The molecule has 0 saturated heterocycles.